The van der Waals surface area contributed by atoms with E-state index in [0.29, 0.717) is 6.61 Å². The number of nitrogens with one attached hydrogen (secondary N) is 1. The van der Waals surface area contributed by atoms with E-state index in [0.717, 1.165) is 6.42 Å². The zero-order valence-electron chi connectivity index (χ0n) is 11.3. The lowest BCUT2D eigenvalue weighted by Crippen LogP contribution is -2.39. The minimum absolute atomic E-state index is 0.0669. The van der Waals surface area contributed by atoms with Gasteiger partial charge in [-0.15, -0.1) is 0 Å². The van der Waals surface area contributed by atoms with Crippen LogP contribution in [0.3, 0.4) is 0 Å². The molecule has 0 aliphatic carbocycles. The molecule has 1 N–H and O–H groups in total. The lowest BCUT2D eigenvalue weighted by molar-refractivity contribution is -0.245. The average molecular weight is 253 g/mol. The van der Waals surface area contributed by atoms with Crippen LogP contribution < -0.4 is 5.32 Å². The zero-order valence-corrected chi connectivity index (χ0v) is 11.3. The Labute approximate surface area is 103 Å². The van der Waals surface area contributed by atoms with Crippen LogP contribution in [0.5, 0.6) is 0 Å². The number of hydrogen-bond donors (Lipinski definition) is 1. The maximum Gasteiger partial charge on any atom is 0.357 e. The van der Waals surface area contributed by atoms with Crippen molar-refractivity contribution < 1.29 is 18.3 Å². The summed E-state index contributed by atoms with van der Waals surface area (Å²) in [6.45, 7) is 8.73. The second kappa shape index (κ2) is 7.95. The Morgan fingerprint density at radius 2 is 1.71 bits per heavy atom. The van der Waals surface area contributed by atoms with Crippen molar-refractivity contribution in [2.45, 2.75) is 52.2 Å². The largest absolute Gasteiger partial charge is 0.379 e. The fraction of sp³-hybridized carbons (Fsp3) is 1.00. The van der Waals surface area contributed by atoms with E-state index >= 15 is 0 Å². The molecule has 0 radical (unpaired) electrons. The van der Waals surface area contributed by atoms with Crippen molar-refractivity contribution >= 4 is 0 Å². The summed E-state index contributed by atoms with van der Waals surface area (Å²) in [6, 6.07) is 0. The van der Waals surface area contributed by atoms with Gasteiger partial charge < -0.3 is 14.8 Å². The first-order valence-corrected chi connectivity index (χ1v) is 6.11. The molecular weight excluding hydrogens is 228 g/mol. The zero-order chi connectivity index (χ0) is 13.4. The van der Waals surface area contributed by atoms with Crippen LogP contribution in [-0.4, -0.2) is 38.0 Å². The van der Waals surface area contributed by atoms with Crippen LogP contribution in [0.4, 0.5) is 8.78 Å². The van der Waals surface area contributed by atoms with Crippen LogP contribution in [0.2, 0.25) is 0 Å². The van der Waals surface area contributed by atoms with Gasteiger partial charge in [0.25, 0.3) is 0 Å². The molecular formula is C12H25F2NO2. The predicted molar refractivity (Wildman–Crippen MR) is 64.4 cm³/mol. The van der Waals surface area contributed by atoms with E-state index in [9.17, 15) is 8.78 Å². The first-order chi connectivity index (χ1) is 7.77. The molecule has 0 amide bonds. The molecule has 0 rings (SSSR count). The van der Waals surface area contributed by atoms with Gasteiger partial charge in [0, 0.05) is 18.7 Å². The molecule has 0 spiro atoms. The molecule has 0 fully saturated rings. The Bertz CT molecular complexity index is 193. The van der Waals surface area contributed by atoms with Gasteiger partial charge in [0.05, 0.1) is 19.6 Å². The number of ether oxygens (including phenoxy) is 2. The molecule has 0 aliphatic rings. The van der Waals surface area contributed by atoms with Gasteiger partial charge in [0.2, 0.25) is 0 Å². The van der Waals surface area contributed by atoms with Gasteiger partial charge in [0.1, 0.15) is 0 Å². The Morgan fingerprint density at radius 3 is 2.24 bits per heavy atom. The third-order valence-corrected chi connectivity index (χ3v) is 1.96. The summed E-state index contributed by atoms with van der Waals surface area (Å²) >= 11 is 0. The van der Waals surface area contributed by atoms with Crippen molar-refractivity contribution in [3.8, 4) is 0 Å². The molecule has 0 atom stereocenters. The molecule has 0 aromatic carbocycles. The Morgan fingerprint density at radius 1 is 1.06 bits per heavy atom. The monoisotopic (exact) mass is 253 g/mol. The Kier molecular flexibility index (Phi) is 7.83. The highest BCUT2D eigenvalue weighted by atomic mass is 19.3. The van der Waals surface area contributed by atoms with Crippen LogP contribution in [0.25, 0.3) is 0 Å². The van der Waals surface area contributed by atoms with Gasteiger partial charge in [-0.2, -0.15) is 8.78 Å². The van der Waals surface area contributed by atoms with Gasteiger partial charge in [-0.25, -0.2) is 0 Å². The standard InChI is InChI=1S/C12H25F2NO2/c1-5-8-16-9-10-17-12(13,14)6-7-15-11(2,3)4/h15H,5-10H2,1-4H3. The highest BCUT2D eigenvalue weighted by Gasteiger charge is 2.29. The van der Waals surface area contributed by atoms with Gasteiger partial charge in [-0.05, 0) is 27.2 Å². The number of rotatable bonds is 9. The average Bonchev–Trinajstić information content (AvgIpc) is 2.14. The van der Waals surface area contributed by atoms with E-state index in [-0.39, 0.29) is 31.7 Å². The van der Waals surface area contributed by atoms with Crippen molar-refractivity contribution in [3.63, 3.8) is 0 Å². The van der Waals surface area contributed by atoms with Gasteiger partial charge in [-0.1, -0.05) is 6.92 Å². The third-order valence-electron chi connectivity index (χ3n) is 1.96. The fourth-order valence-electron chi connectivity index (χ4n) is 1.15. The molecule has 104 valence electrons. The van der Waals surface area contributed by atoms with E-state index in [2.05, 4.69) is 10.1 Å². The highest BCUT2D eigenvalue weighted by molar-refractivity contribution is 4.71. The summed E-state index contributed by atoms with van der Waals surface area (Å²) in [5, 5.41) is 3.00. The van der Waals surface area contributed by atoms with Gasteiger partial charge in [-0.3, -0.25) is 0 Å². The lowest BCUT2D eigenvalue weighted by Gasteiger charge is -2.23. The summed E-state index contributed by atoms with van der Waals surface area (Å²) in [4.78, 5) is 0. The first kappa shape index (κ1) is 16.7. The molecule has 0 heterocycles. The molecule has 5 heteroatoms. The Hall–Kier alpha value is -0.260. The van der Waals surface area contributed by atoms with E-state index in [1.165, 1.54) is 0 Å². The van der Waals surface area contributed by atoms with E-state index in [4.69, 9.17) is 4.74 Å². The fourth-order valence-corrected chi connectivity index (χ4v) is 1.15. The highest BCUT2D eigenvalue weighted by Crippen LogP contribution is 2.19. The molecule has 0 saturated heterocycles. The summed E-state index contributed by atoms with van der Waals surface area (Å²) in [5.41, 5.74) is -0.152. The molecule has 0 aromatic rings. The molecule has 0 aliphatic heterocycles. The lowest BCUT2D eigenvalue weighted by atomic mass is 10.1. The van der Waals surface area contributed by atoms with Gasteiger partial charge >= 0.3 is 6.11 Å². The number of hydrogen-bond acceptors (Lipinski definition) is 3. The summed E-state index contributed by atoms with van der Waals surface area (Å²) in [6.07, 6.45) is -2.52. The quantitative estimate of drug-likeness (QED) is 0.641. The van der Waals surface area contributed by atoms with Crippen LogP contribution in [0.1, 0.15) is 40.5 Å². The minimum atomic E-state index is -3.08. The predicted octanol–water partition coefficient (Wildman–Crippen LogP) is 2.80. The smallest absolute Gasteiger partial charge is 0.357 e. The topological polar surface area (TPSA) is 30.5 Å². The molecule has 0 bridgehead atoms. The molecule has 17 heavy (non-hydrogen) atoms. The second-order valence-electron chi connectivity index (χ2n) is 5.02. The molecule has 3 nitrogen and oxygen atoms in total. The maximum absolute atomic E-state index is 13.2. The van der Waals surface area contributed by atoms with Crippen LogP contribution >= 0.6 is 0 Å². The first-order valence-electron chi connectivity index (χ1n) is 6.11. The molecule has 0 saturated carbocycles. The van der Waals surface area contributed by atoms with Crippen molar-refractivity contribution in [1.82, 2.24) is 5.32 Å². The third kappa shape index (κ3) is 12.0. The van der Waals surface area contributed by atoms with Crippen LogP contribution in [-0.2, 0) is 9.47 Å². The SMILES string of the molecule is CCCOCCOC(F)(F)CCNC(C)(C)C. The Balaban J connectivity index is 3.58. The van der Waals surface area contributed by atoms with Crippen LogP contribution in [0, 0.1) is 0 Å². The summed E-state index contributed by atoms with van der Waals surface area (Å²) in [7, 11) is 0. The second-order valence-corrected chi connectivity index (χ2v) is 5.02. The van der Waals surface area contributed by atoms with E-state index in [1.807, 2.05) is 27.7 Å². The van der Waals surface area contributed by atoms with Crippen LogP contribution in [0.15, 0.2) is 0 Å². The summed E-state index contributed by atoms with van der Waals surface area (Å²) in [5.74, 6) is 0. The number of alkyl halides is 2. The normalized spacial score (nSPS) is 13.1. The molecule has 0 aromatic heterocycles. The van der Waals surface area contributed by atoms with Crippen molar-refractivity contribution in [3.05, 3.63) is 0 Å². The summed E-state index contributed by atoms with van der Waals surface area (Å²) < 4.78 is 35.9. The number of halogens is 2. The van der Waals surface area contributed by atoms with Crippen molar-refractivity contribution in [2.24, 2.45) is 0 Å². The van der Waals surface area contributed by atoms with E-state index < -0.39 is 6.11 Å². The van der Waals surface area contributed by atoms with E-state index in [1.54, 1.807) is 0 Å². The van der Waals surface area contributed by atoms with Crippen molar-refractivity contribution in [1.29, 1.82) is 0 Å². The molecule has 0 unspecified atom stereocenters. The minimum Gasteiger partial charge on any atom is -0.379 e. The van der Waals surface area contributed by atoms with Gasteiger partial charge in [0.15, 0.2) is 0 Å². The maximum atomic E-state index is 13.2. The van der Waals surface area contributed by atoms with Crippen molar-refractivity contribution in [2.75, 3.05) is 26.4 Å².